The maximum Gasteiger partial charge on any atom is 0.323 e. The van der Waals surface area contributed by atoms with Gasteiger partial charge in [-0.15, -0.1) is 0 Å². The van der Waals surface area contributed by atoms with Crippen LogP contribution in [0.3, 0.4) is 0 Å². The van der Waals surface area contributed by atoms with E-state index in [0.717, 1.165) is 17.0 Å². The minimum absolute atomic E-state index is 0.165. The first-order valence-corrected chi connectivity index (χ1v) is 6.12. The molecule has 112 valence electrons. The van der Waals surface area contributed by atoms with Crippen LogP contribution in [0.4, 0.5) is 20.6 Å². The van der Waals surface area contributed by atoms with Gasteiger partial charge in [-0.3, -0.25) is 14.9 Å². The number of carboxylic acids is 1. The number of aliphatic carboxylic acids is 1. The van der Waals surface area contributed by atoms with Crippen LogP contribution in [0.5, 0.6) is 0 Å². The second-order valence-electron chi connectivity index (χ2n) is 4.60. The van der Waals surface area contributed by atoms with E-state index in [1.54, 1.807) is 0 Å². The molecule has 1 saturated carbocycles. The fraction of sp³-hybridized carbons (Fsp3) is 0.333. The molecule has 1 aliphatic rings. The summed E-state index contributed by atoms with van der Waals surface area (Å²) in [5.74, 6) is -2.12. The molecule has 2 amide bonds. The molecule has 0 saturated heterocycles. The van der Waals surface area contributed by atoms with Crippen LogP contribution >= 0.6 is 0 Å². The smallest absolute Gasteiger partial charge is 0.323 e. The fourth-order valence-corrected chi connectivity index (χ4v) is 1.80. The Bertz CT molecular complexity index is 603. The monoisotopic (exact) mass is 297 g/mol. The highest BCUT2D eigenvalue weighted by Gasteiger charge is 2.34. The van der Waals surface area contributed by atoms with Crippen molar-refractivity contribution in [3.05, 3.63) is 34.1 Å². The number of nitrogens with zero attached hydrogens (tertiary/aromatic N) is 2. The molecule has 1 aliphatic carbocycles. The summed E-state index contributed by atoms with van der Waals surface area (Å²) >= 11 is 0. The Labute approximate surface area is 118 Å². The van der Waals surface area contributed by atoms with E-state index in [1.807, 2.05) is 0 Å². The summed E-state index contributed by atoms with van der Waals surface area (Å²) in [4.78, 5) is 33.5. The zero-order valence-corrected chi connectivity index (χ0v) is 10.8. The van der Waals surface area contributed by atoms with Gasteiger partial charge in [-0.05, 0) is 18.9 Å². The molecule has 8 nitrogen and oxygen atoms in total. The van der Waals surface area contributed by atoms with Gasteiger partial charge in [-0.1, -0.05) is 0 Å². The van der Waals surface area contributed by atoms with Crippen molar-refractivity contribution in [2.75, 3.05) is 11.9 Å². The van der Waals surface area contributed by atoms with Gasteiger partial charge in [-0.2, -0.15) is 0 Å². The predicted molar refractivity (Wildman–Crippen MR) is 69.4 cm³/mol. The van der Waals surface area contributed by atoms with Crippen LogP contribution in [-0.4, -0.2) is 39.5 Å². The molecular weight excluding hydrogens is 285 g/mol. The number of amides is 2. The van der Waals surface area contributed by atoms with Gasteiger partial charge in [0.25, 0.3) is 5.69 Å². The number of carbonyl (C=O) groups excluding carboxylic acids is 1. The van der Waals surface area contributed by atoms with E-state index < -0.39 is 35.0 Å². The molecular formula is C12H12FN3O5. The number of anilines is 1. The van der Waals surface area contributed by atoms with Gasteiger partial charge in [0.15, 0.2) is 5.82 Å². The maximum atomic E-state index is 13.7. The lowest BCUT2D eigenvalue weighted by molar-refractivity contribution is -0.385. The summed E-state index contributed by atoms with van der Waals surface area (Å²) in [5.41, 5.74) is -0.670. The lowest BCUT2D eigenvalue weighted by atomic mass is 10.2. The van der Waals surface area contributed by atoms with Crippen molar-refractivity contribution in [1.29, 1.82) is 0 Å². The van der Waals surface area contributed by atoms with E-state index in [-0.39, 0.29) is 11.7 Å². The minimum Gasteiger partial charge on any atom is -0.480 e. The highest BCUT2D eigenvalue weighted by atomic mass is 19.1. The first-order valence-electron chi connectivity index (χ1n) is 6.12. The average Bonchev–Trinajstić information content (AvgIpc) is 3.22. The van der Waals surface area contributed by atoms with Gasteiger partial charge in [0.05, 0.1) is 16.7 Å². The van der Waals surface area contributed by atoms with E-state index in [4.69, 9.17) is 5.11 Å². The minimum atomic E-state index is -1.17. The van der Waals surface area contributed by atoms with E-state index in [9.17, 15) is 24.1 Å². The number of nitrogens with one attached hydrogen (secondary N) is 1. The molecule has 21 heavy (non-hydrogen) atoms. The number of carboxylic acid groups (broad SMARTS) is 1. The molecule has 2 N–H and O–H groups in total. The molecule has 0 heterocycles. The number of nitro benzene ring substituents is 1. The highest BCUT2D eigenvalue weighted by molar-refractivity contribution is 5.92. The Morgan fingerprint density at radius 2 is 2.14 bits per heavy atom. The van der Waals surface area contributed by atoms with Crippen molar-refractivity contribution < 1.29 is 24.0 Å². The molecule has 0 unspecified atom stereocenters. The molecule has 1 aromatic rings. The number of halogens is 1. The molecule has 2 rings (SSSR count). The molecule has 0 atom stereocenters. The van der Waals surface area contributed by atoms with Crippen LogP contribution in [0, 0.1) is 15.9 Å². The van der Waals surface area contributed by atoms with E-state index in [1.165, 1.54) is 0 Å². The van der Waals surface area contributed by atoms with Gasteiger partial charge in [-0.25, -0.2) is 9.18 Å². The first-order chi connectivity index (χ1) is 9.88. The molecule has 0 radical (unpaired) electrons. The molecule has 0 aromatic heterocycles. The zero-order chi connectivity index (χ0) is 15.6. The second-order valence-corrected chi connectivity index (χ2v) is 4.60. The third-order valence-electron chi connectivity index (χ3n) is 2.96. The van der Waals surface area contributed by atoms with E-state index in [0.29, 0.717) is 18.9 Å². The first kappa shape index (κ1) is 14.7. The van der Waals surface area contributed by atoms with Crippen LogP contribution in [0.25, 0.3) is 0 Å². The summed E-state index contributed by atoms with van der Waals surface area (Å²) in [6.45, 7) is -0.481. The van der Waals surface area contributed by atoms with Crippen molar-refractivity contribution in [2.45, 2.75) is 18.9 Å². The highest BCUT2D eigenvalue weighted by Crippen LogP contribution is 2.28. The number of benzene rings is 1. The Balaban J connectivity index is 2.11. The molecule has 1 fully saturated rings. The number of hydrogen-bond donors (Lipinski definition) is 2. The third kappa shape index (κ3) is 3.65. The van der Waals surface area contributed by atoms with E-state index in [2.05, 4.69) is 5.32 Å². The molecule has 0 spiro atoms. The van der Waals surface area contributed by atoms with Crippen molar-refractivity contribution in [2.24, 2.45) is 0 Å². The van der Waals surface area contributed by atoms with Crippen molar-refractivity contribution in [1.82, 2.24) is 4.90 Å². The average molecular weight is 297 g/mol. The van der Waals surface area contributed by atoms with Crippen molar-refractivity contribution in [3.8, 4) is 0 Å². The Kier molecular flexibility index (Phi) is 4.01. The molecule has 0 aliphatic heterocycles. The van der Waals surface area contributed by atoms with Crippen molar-refractivity contribution >= 4 is 23.4 Å². The second kappa shape index (κ2) is 5.73. The summed E-state index contributed by atoms with van der Waals surface area (Å²) < 4.78 is 13.7. The van der Waals surface area contributed by atoms with Crippen LogP contribution in [0.2, 0.25) is 0 Å². The summed E-state index contributed by atoms with van der Waals surface area (Å²) in [6, 6.07) is 1.90. The molecule has 9 heteroatoms. The Morgan fingerprint density at radius 1 is 1.48 bits per heavy atom. The zero-order valence-electron chi connectivity index (χ0n) is 10.8. The van der Waals surface area contributed by atoms with Gasteiger partial charge in [0, 0.05) is 12.1 Å². The number of rotatable bonds is 5. The van der Waals surface area contributed by atoms with Gasteiger partial charge in [0.1, 0.15) is 6.54 Å². The summed E-state index contributed by atoms with van der Waals surface area (Å²) in [7, 11) is 0. The topological polar surface area (TPSA) is 113 Å². The van der Waals surface area contributed by atoms with Gasteiger partial charge >= 0.3 is 12.0 Å². The SMILES string of the molecule is O=C(O)CN(C(=O)Nc1ccc([N+](=O)[O-])cc1F)C1CC1. The van der Waals surface area contributed by atoms with Crippen LogP contribution < -0.4 is 5.32 Å². The van der Waals surface area contributed by atoms with E-state index >= 15 is 0 Å². The fourth-order valence-electron chi connectivity index (χ4n) is 1.80. The number of nitro groups is 1. The number of urea groups is 1. The normalized spacial score (nSPS) is 13.6. The standard InChI is InChI=1S/C12H12FN3O5/c13-9-5-8(16(20)21)3-4-10(9)14-12(19)15(6-11(17)18)7-1-2-7/h3-5,7H,1-2,6H2,(H,14,19)(H,17,18). The molecule has 1 aromatic carbocycles. The maximum absolute atomic E-state index is 13.7. The number of carbonyl (C=O) groups is 2. The van der Waals surface area contributed by atoms with Gasteiger partial charge < -0.3 is 15.3 Å². The number of hydrogen-bond acceptors (Lipinski definition) is 4. The van der Waals surface area contributed by atoms with Crippen LogP contribution in [-0.2, 0) is 4.79 Å². The number of non-ortho nitro benzene ring substituents is 1. The Hall–Kier alpha value is -2.71. The lowest BCUT2D eigenvalue weighted by Gasteiger charge is -2.20. The lowest BCUT2D eigenvalue weighted by Crippen LogP contribution is -2.40. The van der Waals surface area contributed by atoms with Crippen LogP contribution in [0.1, 0.15) is 12.8 Å². The summed E-state index contributed by atoms with van der Waals surface area (Å²) in [5, 5.41) is 21.5. The van der Waals surface area contributed by atoms with Gasteiger partial charge in [0.2, 0.25) is 0 Å². The largest absolute Gasteiger partial charge is 0.480 e. The molecule has 0 bridgehead atoms. The van der Waals surface area contributed by atoms with Crippen LogP contribution in [0.15, 0.2) is 18.2 Å². The quantitative estimate of drug-likeness (QED) is 0.635. The summed E-state index contributed by atoms with van der Waals surface area (Å²) in [6.07, 6.45) is 1.40. The third-order valence-corrected chi connectivity index (χ3v) is 2.96. The predicted octanol–water partition coefficient (Wildman–Crippen LogP) is 1.81. The van der Waals surface area contributed by atoms with Crippen molar-refractivity contribution in [3.63, 3.8) is 0 Å². The Morgan fingerprint density at radius 3 is 2.62 bits per heavy atom.